The number of hydrogen-bond acceptors (Lipinski definition) is 3. The van der Waals surface area contributed by atoms with Crippen molar-refractivity contribution >= 4 is 46.1 Å². The number of rotatable bonds is 4. The lowest BCUT2D eigenvalue weighted by molar-refractivity contribution is 0.0754. The zero-order valence-corrected chi connectivity index (χ0v) is 13.2. The van der Waals surface area contributed by atoms with E-state index in [1.54, 1.807) is 23.1 Å². The van der Waals surface area contributed by atoms with Gasteiger partial charge in [0.1, 0.15) is 0 Å². The van der Waals surface area contributed by atoms with Crippen LogP contribution in [0.4, 0.5) is 5.69 Å². The van der Waals surface area contributed by atoms with E-state index in [-0.39, 0.29) is 5.91 Å². The Bertz CT molecular complexity index is 607. The number of nitrogens with two attached hydrogens (primary N) is 1. The molecule has 0 aliphatic carbocycles. The highest BCUT2D eigenvalue weighted by Gasteiger charge is 2.16. The molecule has 2 N–H and O–H groups in total. The Labute approximate surface area is 131 Å². The van der Waals surface area contributed by atoms with E-state index in [2.05, 4.69) is 0 Å². The molecule has 0 bridgehead atoms. The van der Waals surface area contributed by atoms with Crippen molar-refractivity contribution in [2.24, 2.45) is 0 Å². The number of hydrogen-bond donors (Lipinski definition) is 1. The van der Waals surface area contributed by atoms with Gasteiger partial charge in [-0.1, -0.05) is 23.2 Å². The summed E-state index contributed by atoms with van der Waals surface area (Å²) in [6.07, 6.45) is 0. The zero-order valence-electron chi connectivity index (χ0n) is 10.9. The third-order valence-corrected chi connectivity index (χ3v) is 4.25. The number of nitrogens with zero attached hydrogens (tertiary/aromatic N) is 1. The first-order valence-electron chi connectivity index (χ1n) is 6.09. The van der Waals surface area contributed by atoms with Crippen LogP contribution in [0.5, 0.6) is 0 Å². The molecule has 0 saturated carbocycles. The number of carbonyl (C=O) groups is 1. The van der Waals surface area contributed by atoms with E-state index in [0.29, 0.717) is 29.4 Å². The average molecular weight is 329 g/mol. The Balaban J connectivity index is 2.20. The molecule has 0 atom stereocenters. The van der Waals surface area contributed by atoms with Crippen molar-refractivity contribution in [1.29, 1.82) is 0 Å². The van der Waals surface area contributed by atoms with Crippen molar-refractivity contribution in [1.82, 2.24) is 4.90 Å². The van der Waals surface area contributed by atoms with Crippen molar-refractivity contribution in [2.45, 2.75) is 13.5 Å². The number of benzene rings is 1. The minimum Gasteiger partial charge on any atom is -0.399 e. The van der Waals surface area contributed by atoms with Gasteiger partial charge in [0.05, 0.1) is 10.9 Å². The first-order valence-corrected chi connectivity index (χ1v) is 7.66. The predicted molar refractivity (Wildman–Crippen MR) is 85.6 cm³/mol. The molecule has 0 aliphatic rings. The molecule has 0 aliphatic heterocycles. The molecular weight excluding hydrogens is 315 g/mol. The topological polar surface area (TPSA) is 46.3 Å². The summed E-state index contributed by atoms with van der Waals surface area (Å²) in [6, 6.07) is 8.64. The summed E-state index contributed by atoms with van der Waals surface area (Å²) in [5.41, 5.74) is 6.71. The molecule has 0 unspecified atom stereocenters. The molecule has 0 saturated heterocycles. The minimum absolute atomic E-state index is 0.0915. The van der Waals surface area contributed by atoms with Crippen LogP contribution in [0.3, 0.4) is 0 Å². The second-order valence-corrected chi connectivity index (χ2v) is 6.53. The third-order valence-electron chi connectivity index (χ3n) is 2.81. The number of thiophene rings is 1. The molecule has 20 heavy (non-hydrogen) atoms. The molecule has 1 aromatic carbocycles. The molecule has 1 heterocycles. The van der Waals surface area contributed by atoms with Crippen molar-refractivity contribution in [3.63, 3.8) is 0 Å². The van der Waals surface area contributed by atoms with Gasteiger partial charge in [-0.05, 0) is 37.3 Å². The van der Waals surface area contributed by atoms with Gasteiger partial charge in [-0.15, -0.1) is 11.3 Å². The van der Waals surface area contributed by atoms with Crippen LogP contribution in [-0.4, -0.2) is 17.4 Å². The maximum atomic E-state index is 12.5. The van der Waals surface area contributed by atoms with Crippen LogP contribution in [0.1, 0.15) is 22.2 Å². The molecule has 2 rings (SSSR count). The van der Waals surface area contributed by atoms with E-state index in [0.717, 1.165) is 9.21 Å². The van der Waals surface area contributed by atoms with Crippen LogP contribution in [0, 0.1) is 0 Å². The van der Waals surface area contributed by atoms with Gasteiger partial charge in [0.2, 0.25) is 0 Å². The van der Waals surface area contributed by atoms with Gasteiger partial charge < -0.3 is 10.6 Å². The molecular formula is C14H14Cl2N2OS. The quantitative estimate of drug-likeness (QED) is 0.850. The number of nitrogen functional groups attached to an aromatic ring is 1. The first-order chi connectivity index (χ1) is 9.49. The van der Waals surface area contributed by atoms with Gasteiger partial charge in [0.25, 0.3) is 5.91 Å². The van der Waals surface area contributed by atoms with E-state index < -0.39 is 0 Å². The molecule has 6 heteroatoms. The minimum atomic E-state index is -0.0915. The van der Waals surface area contributed by atoms with E-state index in [9.17, 15) is 4.79 Å². The van der Waals surface area contributed by atoms with Crippen molar-refractivity contribution in [3.8, 4) is 0 Å². The number of anilines is 1. The predicted octanol–water partition coefficient (Wildman–Crippen LogP) is 4.30. The second kappa shape index (κ2) is 6.48. The van der Waals surface area contributed by atoms with Gasteiger partial charge >= 0.3 is 0 Å². The van der Waals surface area contributed by atoms with Crippen molar-refractivity contribution < 1.29 is 4.79 Å². The largest absolute Gasteiger partial charge is 0.399 e. The Morgan fingerprint density at radius 3 is 2.60 bits per heavy atom. The maximum Gasteiger partial charge on any atom is 0.254 e. The Kier molecular flexibility index (Phi) is 4.91. The van der Waals surface area contributed by atoms with Crippen LogP contribution in [-0.2, 0) is 6.54 Å². The molecule has 3 nitrogen and oxygen atoms in total. The molecule has 2 aromatic rings. The fourth-order valence-corrected chi connectivity index (χ4v) is 3.22. The van der Waals surface area contributed by atoms with Gasteiger partial charge in [0.15, 0.2) is 0 Å². The highest BCUT2D eigenvalue weighted by molar-refractivity contribution is 7.16. The van der Waals surface area contributed by atoms with Crippen LogP contribution in [0.2, 0.25) is 9.36 Å². The Morgan fingerprint density at radius 1 is 1.30 bits per heavy atom. The lowest BCUT2D eigenvalue weighted by Gasteiger charge is -2.20. The second-order valence-electron chi connectivity index (χ2n) is 4.30. The van der Waals surface area contributed by atoms with Gasteiger partial charge in [-0.25, -0.2) is 0 Å². The lowest BCUT2D eigenvalue weighted by Crippen LogP contribution is -2.30. The summed E-state index contributed by atoms with van der Waals surface area (Å²) in [7, 11) is 0. The number of carbonyl (C=O) groups excluding carboxylic acids is 1. The zero-order chi connectivity index (χ0) is 14.7. The highest BCUT2D eigenvalue weighted by atomic mass is 35.5. The molecule has 1 aromatic heterocycles. The summed E-state index contributed by atoms with van der Waals surface area (Å²) < 4.78 is 0.718. The Morgan fingerprint density at radius 2 is 2.05 bits per heavy atom. The van der Waals surface area contributed by atoms with Gasteiger partial charge in [-0.3, -0.25) is 4.79 Å². The number of amides is 1. The van der Waals surface area contributed by atoms with Crippen LogP contribution in [0.25, 0.3) is 0 Å². The standard InChI is InChI=1S/C14H14Cl2N2OS/c1-2-18(8-12-3-4-13(16)20-12)14(19)9-5-10(15)7-11(17)6-9/h3-7H,2,8,17H2,1H3. The highest BCUT2D eigenvalue weighted by Crippen LogP contribution is 2.24. The Hall–Kier alpha value is -1.23. The number of halogens is 2. The lowest BCUT2D eigenvalue weighted by atomic mass is 10.1. The smallest absolute Gasteiger partial charge is 0.254 e. The van der Waals surface area contributed by atoms with Crippen molar-refractivity contribution in [2.75, 3.05) is 12.3 Å². The SMILES string of the molecule is CCN(Cc1ccc(Cl)s1)C(=O)c1cc(N)cc(Cl)c1. The molecule has 0 radical (unpaired) electrons. The molecule has 0 fully saturated rings. The summed E-state index contributed by atoms with van der Waals surface area (Å²) >= 11 is 13.3. The molecule has 1 amide bonds. The van der Waals surface area contributed by atoms with E-state index in [4.69, 9.17) is 28.9 Å². The summed E-state index contributed by atoms with van der Waals surface area (Å²) in [4.78, 5) is 15.2. The average Bonchev–Trinajstić information content (AvgIpc) is 2.79. The summed E-state index contributed by atoms with van der Waals surface area (Å²) in [5, 5.41) is 0.462. The van der Waals surface area contributed by atoms with Gasteiger partial charge in [-0.2, -0.15) is 0 Å². The van der Waals surface area contributed by atoms with E-state index in [1.807, 2.05) is 19.1 Å². The molecule has 0 spiro atoms. The van der Waals surface area contributed by atoms with Crippen LogP contribution in [0.15, 0.2) is 30.3 Å². The first kappa shape index (κ1) is 15.2. The maximum absolute atomic E-state index is 12.5. The van der Waals surface area contributed by atoms with Gasteiger partial charge in [0, 0.05) is 27.7 Å². The normalized spacial score (nSPS) is 10.6. The van der Waals surface area contributed by atoms with E-state index >= 15 is 0 Å². The third kappa shape index (κ3) is 3.66. The van der Waals surface area contributed by atoms with Crippen molar-refractivity contribution in [3.05, 3.63) is 50.1 Å². The monoisotopic (exact) mass is 328 g/mol. The summed E-state index contributed by atoms with van der Waals surface area (Å²) in [6.45, 7) is 3.06. The van der Waals surface area contributed by atoms with Crippen LogP contribution < -0.4 is 5.73 Å². The van der Waals surface area contributed by atoms with E-state index in [1.165, 1.54) is 11.3 Å². The fraction of sp³-hybridized carbons (Fsp3) is 0.214. The van der Waals surface area contributed by atoms with Crippen LogP contribution >= 0.6 is 34.5 Å². The molecule has 106 valence electrons. The summed E-state index contributed by atoms with van der Waals surface area (Å²) in [5.74, 6) is -0.0915. The fourth-order valence-electron chi connectivity index (χ4n) is 1.87.